The Morgan fingerprint density at radius 1 is 1.10 bits per heavy atom. The Hall–Kier alpha value is -4.05. The number of ether oxygens (including phenoxy) is 2. The Balaban J connectivity index is 1.21. The maximum absolute atomic E-state index is 14.7. The van der Waals surface area contributed by atoms with E-state index in [0.717, 1.165) is 54.8 Å². The minimum absolute atomic E-state index is 0.0782. The molecule has 2 aromatic heterocycles. The maximum Gasteiger partial charge on any atom is 0.269 e. The van der Waals surface area contributed by atoms with Crippen molar-refractivity contribution in [1.82, 2.24) is 25.2 Å². The van der Waals surface area contributed by atoms with Gasteiger partial charge in [0.25, 0.3) is 5.91 Å². The number of allylic oxidation sites excluding steroid dienone is 1. The number of piperazine rings is 1. The van der Waals surface area contributed by atoms with E-state index in [9.17, 15) is 9.18 Å². The van der Waals surface area contributed by atoms with Gasteiger partial charge >= 0.3 is 0 Å². The Kier molecular flexibility index (Phi) is 8.54. The van der Waals surface area contributed by atoms with Crippen LogP contribution in [0.3, 0.4) is 0 Å². The fourth-order valence-corrected chi connectivity index (χ4v) is 5.18. The fourth-order valence-electron chi connectivity index (χ4n) is 5.18. The number of amides is 1. The zero-order valence-electron chi connectivity index (χ0n) is 23.2. The second-order valence-corrected chi connectivity index (χ2v) is 9.92. The van der Waals surface area contributed by atoms with Gasteiger partial charge in [-0.25, -0.2) is 9.97 Å². The normalized spacial score (nSPS) is 17.4. The van der Waals surface area contributed by atoms with Gasteiger partial charge in [0.05, 0.1) is 12.8 Å². The Morgan fingerprint density at radius 2 is 1.88 bits per heavy atom. The van der Waals surface area contributed by atoms with Gasteiger partial charge in [0.1, 0.15) is 18.1 Å². The number of methoxy groups -OCH3 is 1. The fraction of sp³-hybridized carbons (Fsp3) is 0.400. The lowest BCUT2D eigenvalue weighted by Gasteiger charge is -2.38. The van der Waals surface area contributed by atoms with E-state index in [4.69, 9.17) is 14.5 Å². The second kappa shape index (κ2) is 12.4. The van der Waals surface area contributed by atoms with Crippen molar-refractivity contribution in [2.75, 3.05) is 45.2 Å². The zero-order chi connectivity index (χ0) is 28.1. The average Bonchev–Trinajstić information content (AvgIpc) is 3.50. The van der Waals surface area contributed by atoms with E-state index < -0.39 is 11.9 Å². The molecule has 10 heteroatoms. The van der Waals surface area contributed by atoms with Gasteiger partial charge in [0.2, 0.25) is 11.8 Å². The van der Waals surface area contributed by atoms with Gasteiger partial charge < -0.3 is 19.7 Å². The van der Waals surface area contributed by atoms with Gasteiger partial charge in [-0.2, -0.15) is 9.37 Å². The first-order chi connectivity index (χ1) is 19.5. The average molecular weight is 547 g/mol. The first-order valence-electron chi connectivity index (χ1n) is 13.7. The lowest BCUT2D eigenvalue weighted by molar-refractivity contribution is 0.0957. The Labute approximate surface area is 234 Å². The third-order valence-corrected chi connectivity index (χ3v) is 7.54. The molecular weight excluding hydrogens is 511 g/mol. The third kappa shape index (κ3) is 6.07. The highest BCUT2D eigenvalue weighted by atomic mass is 19.1. The molecule has 2 aliphatic rings. The van der Waals surface area contributed by atoms with Crippen LogP contribution < -0.4 is 19.7 Å². The number of pyridine rings is 1. The van der Waals surface area contributed by atoms with Gasteiger partial charge in [-0.3, -0.25) is 9.69 Å². The van der Waals surface area contributed by atoms with E-state index >= 15 is 0 Å². The number of hydrogen-bond donors (Lipinski definition) is 1. The first kappa shape index (κ1) is 27.5. The molecule has 0 saturated carbocycles. The highest BCUT2D eigenvalue weighted by Gasteiger charge is 2.28. The van der Waals surface area contributed by atoms with E-state index in [1.165, 1.54) is 7.05 Å². The van der Waals surface area contributed by atoms with Gasteiger partial charge in [-0.15, -0.1) is 0 Å². The van der Waals surface area contributed by atoms with Crippen molar-refractivity contribution < 1.29 is 18.7 Å². The number of benzene rings is 1. The van der Waals surface area contributed by atoms with Gasteiger partial charge in [0.15, 0.2) is 5.82 Å². The first-order valence-corrected chi connectivity index (χ1v) is 13.7. The summed E-state index contributed by atoms with van der Waals surface area (Å²) in [6.45, 7) is 5.46. The van der Waals surface area contributed by atoms with Crippen LogP contribution in [-0.2, 0) is 13.0 Å². The molecule has 210 valence electrons. The number of nitrogens with zero attached hydrogens (tertiary/aromatic N) is 5. The van der Waals surface area contributed by atoms with Gasteiger partial charge in [0, 0.05) is 51.0 Å². The molecule has 3 aromatic rings. The molecule has 3 heterocycles. The zero-order valence-corrected chi connectivity index (χ0v) is 23.2. The van der Waals surface area contributed by atoms with Crippen molar-refractivity contribution in [2.45, 2.75) is 38.8 Å². The summed E-state index contributed by atoms with van der Waals surface area (Å²) in [7, 11) is 3.15. The Bertz CT molecular complexity index is 1370. The van der Waals surface area contributed by atoms with Crippen LogP contribution >= 0.6 is 0 Å². The lowest BCUT2D eigenvalue weighted by atomic mass is 10.2. The third-order valence-electron chi connectivity index (χ3n) is 7.54. The van der Waals surface area contributed by atoms with E-state index in [2.05, 4.69) is 33.2 Å². The smallest absolute Gasteiger partial charge is 0.269 e. The van der Waals surface area contributed by atoms with Crippen molar-refractivity contribution in [3.8, 4) is 11.6 Å². The number of aromatic nitrogens is 3. The molecular formula is C30H35FN6O3. The van der Waals surface area contributed by atoms with Crippen molar-refractivity contribution >= 4 is 17.2 Å². The number of anilines is 1. The molecule has 0 spiro atoms. The molecule has 5 rings (SSSR count). The van der Waals surface area contributed by atoms with Crippen molar-refractivity contribution in [1.29, 1.82) is 0 Å². The number of nitrogens with one attached hydrogen (secondary N) is 1. The molecule has 1 atom stereocenters. The van der Waals surface area contributed by atoms with Crippen LogP contribution in [0.1, 0.15) is 47.2 Å². The number of aryl methyl sites for hydroxylation is 1. The highest BCUT2D eigenvalue weighted by Crippen LogP contribution is 2.31. The molecule has 1 N–H and O–H groups in total. The van der Waals surface area contributed by atoms with Crippen LogP contribution in [0.25, 0.3) is 5.57 Å². The molecule has 0 bridgehead atoms. The van der Waals surface area contributed by atoms with Crippen LogP contribution in [0, 0.1) is 5.95 Å². The summed E-state index contributed by atoms with van der Waals surface area (Å²) in [5.74, 6) is 1.14. The summed E-state index contributed by atoms with van der Waals surface area (Å²) in [5, 5.41) is 2.47. The van der Waals surface area contributed by atoms with Crippen LogP contribution in [0.5, 0.6) is 11.6 Å². The highest BCUT2D eigenvalue weighted by molar-refractivity contribution is 5.92. The molecule has 1 amide bonds. The van der Waals surface area contributed by atoms with Crippen LogP contribution in [0.2, 0.25) is 0 Å². The summed E-state index contributed by atoms with van der Waals surface area (Å²) in [4.78, 5) is 29.5. The SMILES string of the molecule is CCc1cnc(C2=CC(N3CCN(c4ccc(C(=O)NC)nc4F)CC3)CC2)nc1OCc1ccc(OC)cc1. The molecule has 0 radical (unpaired) electrons. The standard InChI is InChI=1S/C30H35FN6O3/c1-4-21-18-33-28(35-30(21)40-19-20-5-9-24(39-3)10-6-20)22-7-8-23(17-22)36-13-15-37(16-14-36)26-12-11-25(29(38)32-2)34-27(26)31/h5-6,9-12,17-18,23H,4,7-8,13-16,19H2,1-3H3,(H,32,38). The van der Waals surface area contributed by atoms with Crippen molar-refractivity contribution in [3.05, 3.63) is 77.3 Å². The number of hydrogen-bond acceptors (Lipinski definition) is 8. The largest absolute Gasteiger partial charge is 0.497 e. The molecule has 1 saturated heterocycles. The van der Waals surface area contributed by atoms with Crippen LogP contribution in [0.15, 0.2) is 48.7 Å². The summed E-state index contributed by atoms with van der Waals surface area (Å²) >= 11 is 0. The van der Waals surface area contributed by atoms with E-state index in [1.54, 1.807) is 19.2 Å². The van der Waals surface area contributed by atoms with Gasteiger partial charge in [-0.05, 0) is 54.7 Å². The van der Waals surface area contributed by atoms with E-state index in [-0.39, 0.29) is 11.7 Å². The number of rotatable bonds is 9. The topological polar surface area (TPSA) is 92.7 Å². The quantitative estimate of drug-likeness (QED) is 0.404. The second-order valence-electron chi connectivity index (χ2n) is 9.92. The summed E-state index contributed by atoms with van der Waals surface area (Å²) in [5.41, 5.74) is 3.66. The molecule has 40 heavy (non-hydrogen) atoms. The predicted molar refractivity (Wildman–Crippen MR) is 151 cm³/mol. The molecule has 9 nitrogen and oxygen atoms in total. The van der Waals surface area contributed by atoms with Crippen LogP contribution in [-0.4, -0.2) is 72.1 Å². The molecule has 1 aromatic carbocycles. The van der Waals surface area contributed by atoms with Gasteiger partial charge in [-0.1, -0.05) is 25.1 Å². The number of carbonyl (C=O) groups excluding carboxylic acids is 1. The minimum atomic E-state index is -0.615. The molecule has 1 aliphatic heterocycles. The van der Waals surface area contributed by atoms with E-state index in [0.29, 0.717) is 37.1 Å². The minimum Gasteiger partial charge on any atom is -0.497 e. The summed E-state index contributed by atoms with van der Waals surface area (Å²) in [6.07, 6.45) is 6.82. The number of carbonyl (C=O) groups is 1. The lowest BCUT2D eigenvalue weighted by Crippen LogP contribution is -2.49. The monoisotopic (exact) mass is 546 g/mol. The summed E-state index contributed by atoms with van der Waals surface area (Å²) < 4.78 is 26.0. The molecule has 1 fully saturated rings. The molecule has 1 aliphatic carbocycles. The Morgan fingerprint density at radius 3 is 2.55 bits per heavy atom. The van der Waals surface area contributed by atoms with Crippen molar-refractivity contribution in [3.63, 3.8) is 0 Å². The van der Waals surface area contributed by atoms with Crippen LogP contribution in [0.4, 0.5) is 10.1 Å². The number of halogens is 1. The maximum atomic E-state index is 14.7. The van der Waals surface area contributed by atoms with E-state index in [1.807, 2.05) is 35.4 Å². The molecule has 1 unspecified atom stereocenters. The van der Waals surface area contributed by atoms with Crippen molar-refractivity contribution in [2.24, 2.45) is 0 Å². The predicted octanol–water partition coefficient (Wildman–Crippen LogP) is 3.89. The summed E-state index contributed by atoms with van der Waals surface area (Å²) in [6, 6.07) is 11.3.